The first-order valence-electron chi connectivity index (χ1n) is 6.56. The molecule has 0 radical (unpaired) electrons. The predicted molar refractivity (Wildman–Crippen MR) is 73.6 cm³/mol. The minimum absolute atomic E-state index is 0.738. The van der Waals surface area contributed by atoms with Gasteiger partial charge in [-0.05, 0) is 0 Å². The monoisotopic (exact) mass is 218 g/mol. The Morgan fingerprint density at radius 2 is 1.07 bits per heavy atom. The average Bonchev–Trinajstić information content (AvgIpc) is 2.08. The molecule has 14 heavy (non-hydrogen) atoms. The summed E-state index contributed by atoms with van der Waals surface area (Å²) < 4.78 is 0. The van der Waals surface area contributed by atoms with Crippen LogP contribution in [-0.2, 0) is 0 Å². The fourth-order valence-corrected chi connectivity index (χ4v) is 3.10. The van der Waals surface area contributed by atoms with Crippen molar-refractivity contribution in [2.24, 2.45) is 0 Å². The van der Waals surface area contributed by atoms with Crippen molar-refractivity contribution < 1.29 is 0 Å². The third-order valence-electron chi connectivity index (χ3n) is 2.78. The van der Waals surface area contributed by atoms with Crippen molar-refractivity contribution in [3.05, 3.63) is 0 Å². The summed E-state index contributed by atoms with van der Waals surface area (Å²) in [5.41, 5.74) is 0. The summed E-state index contributed by atoms with van der Waals surface area (Å²) in [4.78, 5) is 0. The molecule has 0 atom stereocenters. The molecule has 88 valence electrons. The van der Waals surface area contributed by atoms with Crippen LogP contribution in [0.1, 0.15) is 58.3 Å². The van der Waals surface area contributed by atoms with E-state index in [1.165, 1.54) is 57.5 Å². The Hall–Kier alpha value is 0.430. The molecule has 0 unspecified atom stereocenters. The number of unbranched alkanes of at least 4 members (excludes halogenated alkanes) is 7. The first-order valence-corrected chi connectivity index (χ1v) is 10.3. The van der Waals surface area contributed by atoms with Crippen LogP contribution in [0.2, 0.25) is 0 Å². The number of hydrogen-bond acceptors (Lipinski definition) is 0. The first-order chi connectivity index (χ1) is 6.56. The van der Waals surface area contributed by atoms with Gasteiger partial charge >= 0.3 is 91.7 Å². The van der Waals surface area contributed by atoms with Gasteiger partial charge in [-0.25, -0.2) is 0 Å². The van der Waals surface area contributed by atoms with Gasteiger partial charge in [0.1, 0.15) is 0 Å². The maximum absolute atomic E-state index is 2.48. The summed E-state index contributed by atoms with van der Waals surface area (Å²) in [6.07, 6.45) is 13.2. The van der Waals surface area contributed by atoms with Crippen molar-refractivity contribution in [2.75, 3.05) is 26.2 Å². The number of rotatable bonds is 9. The Bertz CT molecular complexity index is 113. The van der Waals surface area contributed by atoms with E-state index in [1.807, 2.05) is 0 Å². The molecule has 0 amide bonds. The fraction of sp³-hybridized carbons (Fsp3) is 1.00. The van der Waals surface area contributed by atoms with E-state index < -0.39 is 7.26 Å². The molecule has 0 saturated carbocycles. The molecule has 0 aliphatic rings. The van der Waals surface area contributed by atoms with Crippen LogP contribution in [-0.4, -0.2) is 26.2 Å². The van der Waals surface area contributed by atoms with Crippen molar-refractivity contribution >= 4 is 7.26 Å². The molecule has 0 aromatic carbocycles. The van der Waals surface area contributed by atoms with Crippen molar-refractivity contribution in [3.63, 3.8) is 0 Å². The van der Waals surface area contributed by atoms with Crippen LogP contribution in [0.15, 0.2) is 0 Å². The van der Waals surface area contributed by atoms with Crippen LogP contribution in [0.25, 0.3) is 0 Å². The standard InChI is InChI=1S/C13H31P/c1-5-6-7-8-9-10-11-12-13-14(2,3)4/h14H,5-13H2,1-4H3. The van der Waals surface area contributed by atoms with Crippen molar-refractivity contribution in [1.82, 2.24) is 0 Å². The van der Waals surface area contributed by atoms with E-state index in [-0.39, 0.29) is 0 Å². The summed E-state index contributed by atoms with van der Waals surface area (Å²) in [7, 11) is -0.738. The molecule has 1 heteroatoms. The second kappa shape index (κ2) is 8.72. The topological polar surface area (TPSA) is 0 Å². The molecule has 0 N–H and O–H groups in total. The summed E-state index contributed by atoms with van der Waals surface area (Å²) in [5, 5.41) is 0. The Morgan fingerprint density at radius 1 is 0.643 bits per heavy atom. The van der Waals surface area contributed by atoms with Gasteiger partial charge in [0, 0.05) is 0 Å². The van der Waals surface area contributed by atoms with Gasteiger partial charge in [0.2, 0.25) is 0 Å². The van der Waals surface area contributed by atoms with Gasteiger partial charge in [-0.15, -0.1) is 0 Å². The third-order valence-corrected chi connectivity index (χ3v) is 4.63. The van der Waals surface area contributed by atoms with E-state index in [9.17, 15) is 0 Å². The first kappa shape index (κ1) is 14.4. The van der Waals surface area contributed by atoms with Gasteiger partial charge in [-0.3, -0.25) is 0 Å². The Morgan fingerprint density at radius 3 is 1.50 bits per heavy atom. The van der Waals surface area contributed by atoms with Crippen LogP contribution >= 0.6 is 7.26 Å². The Balaban J connectivity index is 2.99. The van der Waals surface area contributed by atoms with Crippen LogP contribution in [0, 0.1) is 0 Å². The zero-order valence-corrected chi connectivity index (χ0v) is 11.9. The molecular weight excluding hydrogens is 187 g/mol. The van der Waals surface area contributed by atoms with Gasteiger partial charge in [0.05, 0.1) is 0 Å². The summed E-state index contributed by atoms with van der Waals surface area (Å²) in [5.74, 6) is 0. The molecule has 0 nitrogen and oxygen atoms in total. The van der Waals surface area contributed by atoms with E-state index in [0.29, 0.717) is 0 Å². The van der Waals surface area contributed by atoms with Gasteiger partial charge in [-0.1, -0.05) is 0 Å². The minimum atomic E-state index is -0.738. The predicted octanol–water partition coefficient (Wildman–Crippen LogP) is 4.77. The van der Waals surface area contributed by atoms with Gasteiger partial charge in [0.25, 0.3) is 0 Å². The zero-order chi connectivity index (χ0) is 10.9. The van der Waals surface area contributed by atoms with Gasteiger partial charge < -0.3 is 0 Å². The fourth-order valence-electron chi connectivity index (χ4n) is 1.79. The quantitative estimate of drug-likeness (QED) is 0.386. The molecular formula is C13H31P. The molecule has 0 aliphatic carbocycles. The van der Waals surface area contributed by atoms with E-state index in [1.54, 1.807) is 0 Å². The molecule has 0 heterocycles. The second-order valence-electron chi connectivity index (χ2n) is 5.79. The van der Waals surface area contributed by atoms with E-state index in [2.05, 4.69) is 26.9 Å². The molecule has 0 aromatic heterocycles. The molecule has 0 aromatic rings. The SMILES string of the molecule is CCCCCCCCCC[PH](C)(C)C. The molecule has 0 saturated heterocycles. The summed E-state index contributed by atoms with van der Waals surface area (Å²) in [6, 6.07) is 0. The third kappa shape index (κ3) is 12.4. The summed E-state index contributed by atoms with van der Waals surface area (Å²) >= 11 is 0. The Labute approximate surface area is 92.2 Å². The van der Waals surface area contributed by atoms with Gasteiger partial charge in [0.15, 0.2) is 0 Å². The van der Waals surface area contributed by atoms with Crippen LogP contribution in [0.4, 0.5) is 0 Å². The van der Waals surface area contributed by atoms with E-state index in [0.717, 1.165) is 0 Å². The molecule has 0 rings (SSSR count). The maximum atomic E-state index is 2.48. The van der Waals surface area contributed by atoms with E-state index in [4.69, 9.17) is 0 Å². The second-order valence-corrected chi connectivity index (χ2v) is 11.4. The van der Waals surface area contributed by atoms with Gasteiger partial charge in [-0.2, -0.15) is 0 Å². The average molecular weight is 218 g/mol. The number of hydrogen-bond donors (Lipinski definition) is 0. The van der Waals surface area contributed by atoms with Crippen molar-refractivity contribution in [2.45, 2.75) is 58.3 Å². The summed E-state index contributed by atoms with van der Waals surface area (Å²) in [6.45, 7) is 9.73. The zero-order valence-electron chi connectivity index (χ0n) is 10.9. The molecule has 0 spiro atoms. The van der Waals surface area contributed by atoms with Crippen LogP contribution in [0.3, 0.4) is 0 Å². The Kier molecular flexibility index (Phi) is 8.98. The molecule has 0 fully saturated rings. The van der Waals surface area contributed by atoms with Crippen LogP contribution in [0.5, 0.6) is 0 Å². The molecule has 0 aliphatic heterocycles. The van der Waals surface area contributed by atoms with Crippen LogP contribution < -0.4 is 0 Å². The normalized spacial score (nSPS) is 13.1. The van der Waals surface area contributed by atoms with Crippen molar-refractivity contribution in [3.8, 4) is 0 Å². The molecule has 0 bridgehead atoms. The van der Waals surface area contributed by atoms with E-state index >= 15 is 0 Å². The van der Waals surface area contributed by atoms with Crippen molar-refractivity contribution in [1.29, 1.82) is 0 Å².